The molecular formula is C24H19Cl2F2NO5. The van der Waals surface area contributed by atoms with Gasteiger partial charge < -0.3 is 19.9 Å². The van der Waals surface area contributed by atoms with E-state index in [1.807, 2.05) is 0 Å². The average molecular weight is 510 g/mol. The van der Waals surface area contributed by atoms with E-state index in [-0.39, 0.29) is 39.1 Å². The highest BCUT2D eigenvalue weighted by atomic mass is 35.5. The Balaban J connectivity index is 1.87. The molecule has 0 aliphatic heterocycles. The van der Waals surface area contributed by atoms with E-state index < -0.39 is 29.6 Å². The molecule has 10 heteroatoms. The van der Waals surface area contributed by atoms with Crippen molar-refractivity contribution in [1.29, 1.82) is 0 Å². The first-order valence-electron chi connectivity index (χ1n) is 9.84. The molecule has 0 bridgehead atoms. The third-order valence-corrected chi connectivity index (χ3v) is 5.66. The molecule has 0 radical (unpaired) electrons. The Labute approximate surface area is 204 Å². The van der Waals surface area contributed by atoms with Crippen molar-refractivity contribution in [3.05, 3.63) is 81.3 Å². The van der Waals surface area contributed by atoms with Gasteiger partial charge in [-0.2, -0.15) is 0 Å². The van der Waals surface area contributed by atoms with Gasteiger partial charge >= 0.3 is 5.97 Å². The van der Waals surface area contributed by atoms with Crippen molar-refractivity contribution >= 4 is 35.1 Å². The van der Waals surface area contributed by atoms with Crippen molar-refractivity contribution in [2.45, 2.75) is 12.5 Å². The number of carboxylic acids is 1. The lowest BCUT2D eigenvalue weighted by Gasteiger charge is -2.17. The predicted molar refractivity (Wildman–Crippen MR) is 124 cm³/mol. The van der Waals surface area contributed by atoms with Gasteiger partial charge in [0.15, 0.2) is 23.1 Å². The van der Waals surface area contributed by atoms with Crippen LogP contribution in [0.3, 0.4) is 0 Å². The number of carboxylic acid groups (broad SMARTS) is 1. The van der Waals surface area contributed by atoms with E-state index in [9.17, 15) is 23.5 Å². The second kappa shape index (κ2) is 10.7. The normalized spacial score (nSPS) is 11.6. The molecule has 0 spiro atoms. The molecule has 0 heterocycles. The van der Waals surface area contributed by atoms with Gasteiger partial charge in [0, 0.05) is 12.5 Å². The molecule has 3 aromatic rings. The van der Waals surface area contributed by atoms with Crippen LogP contribution in [0.5, 0.6) is 11.5 Å². The first-order chi connectivity index (χ1) is 16.2. The van der Waals surface area contributed by atoms with Crippen molar-refractivity contribution in [3.63, 3.8) is 0 Å². The van der Waals surface area contributed by atoms with Crippen LogP contribution in [-0.4, -0.2) is 37.2 Å². The van der Waals surface area contributed by atoms with E-state index in [1.54, 1.807) is 30.3 Å². The third kappa shape index (κ3) is 5.24. The molecular weight excluding hydrogens is 491 g/mol. The number of aliphatic carboxylic acids is 1. The van der Waals surface area contributed by atoms with Crippen LogP contribution in [0.2, 0.25) is 10.0 Å². The van der Waals surface area contributed by atoms with Gasteiger partial charge in [-0.1, -0.05) is 53.5 Å². The number of rotatable bonds is 8. The molecule has 2 N–H and O–H groups in total. The number of nitrogens with one attached hydrogen (secondary N) is 1. The van der Waals surface area contributed by atoms with Crippen molar-refractivity contribution in [2.75, 3.05) is 14.2 Å². The van der Waals surface area contributed by atoms with Gasteiger partial charge in [-0.15, -0.1) is 0 Å². The predicted octanol–water partition coefficient (Wildman–Crippen LogP) is 5.38. The lowest BCUT2D eigenvalue weighted by atomic mass is 9.98. The van der Waals surface area contributed by atoms with Crippen LogP contribution < -0.4 is 14.8 Å². The summed E-state index contributed by atoms with van der Waals surface area (Å²) in [5.74, 6) is -4.18. The van der Waals surface area contributed by atoms with Gasteiger partial charge in [-0.05, 0) is 23.3 Å². The van der Waals surface area contributed by atoms with E-state index in [2.05, 4.69) is 5.32 Å². The molecule has 1 atom stereocenters. The number of carbonyl (C=O) groups is 2. The van der Waals surface area contributed by atoms with Crippen LogP contribution >= 0.6 is 23.2 Å². The Morgan fingerprint density at radius 1 is 0.971 bits per heavy atom. The van der Waals surface area contributed by atoms with E-state index in [4.69, 9.17) is 32.7 Å². The molecule has 0 fully saturated rings. The summed E-state index contributed by atoms with van der Waals surface area (Å²) < 4.78 is 38.6. The molecule has 178 valence electrons. The van der Waals surface area contributed by atoms with E-state index in [0.29, 0.717) is 17.2 Å². The number of hydrogen-bond acceptors (Lipinski definition) is 4. The Bertz CT molecular complexity index is 1190. The van der Waals surface area contributed by atoms with Gasteiger partial charge in [0.25, 0.3) is 5.91 Å². The quantitative estimate of drug-likeness (QED) is 0.425. The summed E-state index contributed by atoms with van der Waals surface area (Å²) in [5, 5.41) is 12.2. The van der Waals surface area contributed by atoms with Crippen molar-refractivity contribution in [3.8, 4) is 22.6 Å². The number of carbonyl (C=O) groups excluding carboxylic acids is 1. The fourth-order valence-corrected chi connectivity index (χ4v) is 4.00. The number of benzene rings is 3. The minimum atomic E-state index is -1.29. The van der Waals surface area contributed by atoms with Gasteiger partial charge in [0.1, 0.15) is 6.04 Å². The fraction of sp³-hybridized carbons (Fsp3) is 0.167. The number of ether oxygens (including phenoxy) is 2. The maximum absolute atomic E-state index is 14.2. The highest BCUT2D eigenvalue weighted by Crippen LogP contribution is 2.42. The minimum Gasteiger partial charge on any atom is -0.493 e. The van der Waals surface area contributed by atoms with Gasteiger partial charge in [-0.3, -0.25) is 4.79 Å². The molecule has 6 nitrogen and oxygen atoms in total. The fourth-order valence-electron chi connectivity index (χ4n) is 3.43. The van der Waals surface area contributed by atoms with Gasteiger partial charge in [-0.25, -0.2) is 13.6 Å². The number of amides is 1. The smallest absolute Gasteiger partial charge is 0.326 e. The Kier molecular flexibility index (Phi) is 7.96. The molecule has 0 aromatic heterocycles. The Morgan fingerprint density at radius 2 is 1.50 bits per heavy atom. The van der Waals surface area contributed by atoms with Crippen LogP contribution in [0.1, 0.15) is 15.9 Å². The SMILES string of the molecule is COc1c(F)cc(F)c(OC)c1-c1ccc(C[C@H](NC(=O)c2c(Cl)cccc2Cl)C(=O)O)cc1. The standard InChI is InChI=1S/C24H19Cl2F2NO5/c1-33-21-16(27)11-17(28)22(34-2)19(21)13-8-6-12(7-9-13)10-18(24(31)32)29-23(30)20-14(25)4-3-5-15(20)26/h3-9,11,18H,10H2,1-2H3,(H,29,30)(H,31,32)/t18-/m0/s1. The topological polar surface area (TPSA) is 84.9 Å². The largest absolute Gasteiger partial charge is 0.493 e. The van der Waals surface area contributed by atoms with Gasteiger partial charge in [0.2, 0.25) is 0 Å². The molecule has 0 saturated heterocycles. The third-order valence-electron chi connectivity index (χ3n) is 5.03. The van der Waals surface area contributed by atoms with Gasteiger partial charge in [0.05, 0.1) is 35.4 Å². The zero-order valence-electron chi connectivity index (χ0n) is 18.0. The summed E-state index contributed by atoms with van der Waals surface area (Å²) in [7, 11) is 2.50. The Morgan fingerprint density at radius 3 is 1.97 bits per heavy atom. The zero-order chi connectivity index (χ0) is 25.0. The molecule has 0 unspecified atom stereocenters. The maximum Gasteiger partial charge on any atom is 0.326 e. The summed E-state index contributed by atoms with van der Waals surface area (Å²) in [5.41, 5.74) is 0.969. The average Bonchev–Trinajstić information content (AvgIpc) is 2.78. The van der Waals surface area contributed by atoms with E-state index >= 15 is 0 Å². The van der Waals surface area contributed by atoms with Crippen molar-refractivity contribution in [2.24, 2.45) is 0 Å². The second-order valence-corrected chi connectivity index (χ2v) is 7.96. The molecule has 34 heavy (non-hydrogen) atoms. The van der Waals surface area contributed by atoms with Crippen LogP contribution in [0.15, 0.2) is 48.5 Å². The lowest BCUT2D eigenvalue weighted by Crippen LogP contribution is -2.42. The summed E-state index contributed by atoms with van der Waals surface area (Å²) in [6.07, 6.45) is -0.0742. The first kappa shape index (κ1) is 25.3. The van der Waals surface area contributed by atoms with Crippen LogP contribution in [0.25, 0.3) is 11.1 Å². The second-order valence-electron chi connectivity index (χ2n) is 7.14. The number of halogens is 4. The molecule has 3 rings (SSSR count). The van der Waals surface area contributed by atoms with Crippen molar-refractivity contribution < 1.29 is 33.0 Å². The van der Waals surface area contributed by atoms with Crippen LogP contribution in [-0.2, 0) is 11.2 Å². The minimum absolute atomic E-state index is 0.0280. The first-order valence-corrected chi connectivity index (χ1v) is 10.6. The monoisotopic (exact) mass is 509 g/mol. The summed E-state index contributed by atoms with van der Waals surface area (Å²) in [6, 6.07) is 10.1. The highest BCUT2D eigenvalue weighted by Gasteiger charge is 2.25. The zero-order valence-corrected chi connectivity index (χ0v) is 19.5. The maximum atomic E-state index is 14.2. The molecule has 0 aliphatic rings. The number of methoxy groups -OCH3 is 2. The summed E-state index contributed by atoms with van der Waals surface area (Å²) >= 11 is 12.1. The van der Waals surface area contributed by atoms with Crippen molar-refractivity contribution in [1.82, 2.24) is 5.32 Å². The summed E-state index contributed by atoms with van der Waals surface area (Å²) in [4.78, 5) is 24.4. The van der Waals surface area contributed by atoms with Crippen LogP contribution in [0, 0.1) is 11.6 Å². The number of hydrogen-bond donors (Lipinski definition) is 2. The van der Waals surface area contributed by atoms with E-state index in [0.717, 1.165) is 0 Å². The summed E-state index contributed by atoms with van der Waals surface area (Å²) in [6.45, 7) is 0. The molecule has 3 aromatic carbocycles. The molecule has 0 saturated carbocycles. The molecule has 0 aliphatic carbocycles. The molecule has 1 amide bonds. The van der Waals surface area contributed by atoms with Crippen LogP contribution in [0.4, 0.5) is 8.78 Å². The highest BCUT2D eigenvalue weighted by molar-refractivity contribution is 6.39. The lowest BCUT2D eigenvalue weighted by molar-refractivity contribution is -0.139. The Hall–Kier alpha value is -3.36. The van der Waals surface area contributed by atoms with E-state index in [1.165, 1.54) is 26.4 Å².